The second-order valence-electron chi connectivity index (χ2n) is 3.94. The van der Waals surface area contributed by atoms with E-state index < -0.39 is 12.1 Å². The Morgan fingerprint density at radius 2 is 1.94 bits per heavy atom. The first kappa shape index (κ1) is 13.3. The third kappa shape index (κ3) is 4.32. The molecule has 0 saturated heterocycles. The van der Waals surface area contributed by atoms with Crippen molar-refractivity contribution in [2.75, 3.05) is 13.2 Å². The van der Waals surface area contributed by atoms with Crippen molar-refractivity contribution < 1.29 is 14.6 Å². The number of hydrogen-bond acceptors (Lipinski definition) is 5. The summed E-state index contributed by atoms with van der Waals surface area (Å²) in [5.41, 5.74) is 2.37. The van der Waals surface area contributed by atoms with Crippen molar-refractivity contribution in [2.45, 2.75) is 20.0 Å². The summed E-state index contributed by atoms with van der Waals surface area (Å²) in [6.07, 6.45) is -1.04. The average Bonchev–Trinajstić information content (AvgIpc) is 2.25. The topological polar surface area (TPSA) is 76.0 Å². The first-order chi connectivity index (χ1) is 8.02. The molecule has 1 N–H and O–H groups in total. The zero-order valence-corrected chi connectivity index (χ0v) is 9.84. The Labute approximate surface area is 99.4 Å². The van der Waals surface area contributed by atoms with E-state index in [1.165, 1.54) is 0 Å². The molecule has 0 radical (unpaired) electrons. The fraction of sp³-hybridized carbons (Fsp3) is 0.417. The molecule has 1 unspecified atom stereocenters. The van der Waals surface area contributed by atoms with Crippen LogP contribution in [0.3, 0.4) is 0 Å². The Morgan fingerprint density at radius 3 is 2.47 bits per heavy atom. The molecule has 1 atom stereocenters. The second-order valence-corrected chi connectivity index (χ2v) is 3.94. The van der Waals surface area contributed by atoms with Crippen LogP contribution in [0.25, 0.3) is 0 Å². The first-order valence-corrected chi connectivity index (χ1v) is 5.25. The van der Waals surface area contributed by atoms with Gasteiger partial charge in [-0.2, -0.15) is 4.91 Å². The van der Waals surface area contributed by atoms with E-state index >= 15 is 0 Å². The molecule has 1 rings (SSSR count). The van der Waals surface area contributed by atoms with E-state index in [1.807, 2.05) is 19.9 Å². The molecule has 0 aliphatic heterocycles. The number of rotatable bonds is 5. The van der Waals surface area contributed by atoms with Crippen LogP contribution in [0.2, 0.25) is 0 Å². The molecule has 0 heterocycles. The lowest BCUT2D eigenvalue weighted by Gasteiger charge is -2.09. The number of benzene rings is 1. The van der Waals surface area contributed by atoms with Crippen LogP contribution in [0.15, 0.2) is 23.4 Å². The molecule has 0 saturated carbocycles. The van der Waals surface area contributed by atoms with Gasteiger partial charge in [0.15, 0.2) is 0 Å². The van der Waals surface area contributed by atoms with Crippen LogP contribution in [0.5, 0.6) is 0 Å². The minimum Gasteiger partial charge on any atom is -0.459 e. The lowest BCUT2D eigenvalue weighted by molar-refractivity contribution is 0.0277. The van der Waals surface area contributed by atoms with Gasteiger partial charge in [-0.1, -0.05) is 22.4 Å². The first-order valence-electron chi connectivity index (χ1n) is 5.25. The normalized spacial score (nSPS) is 11.9. The van der Waals surface area contributed by atoms with E-state index in [1.54, 1.807) is 12.1 Å². The molecule has 0 spiro atoms. The zero-order chi connectivity index (χ0) is 12.8. The van der Waals surface area contributed by atoms with E-state index in [2.05, 4.69) is 5.18 Å². The molecule has 5 nitrogen and oxygen atoms in total. The summed E-state index contributed by atoms with van der Waals surface area (Å²) >= 11 is 0. The predicted molar refractivity (Wildman–Crippen MR) is 62.9 cm³/mol. The van der Waals surface area contributed by atoms with Crippen molar-refractivity contribution in [2.24, 2.45) is 5.18 Å². The lowest BCUT2D eigenvalue weighted by atomic mass is 10.1. The highest BCUT2D eigenvalue weighted by molar-refractivity contribution is 5.89. The molecular formula is C12H15NO4. The highest BCUT2D eigenvalue weighted by Gasteiger charge is 2.11. The lowest BCUT2D eigenvalue weighted by Crippen LogP contribution is -2.21. The Morgan fingerprint density at radius 1 is 1.35 bits per heavy atom. The summed E-state index contributed by atoms with van der Waals surface area (Å²) in [5, 5.41) is 11.7. The summed E-state index contributed by atoms with van der Waals surface area (Å²) in [5.74, 6) is -0.512. The van der Waals surface area contributed by atoms with Crippen LogP contribution in [-0.4, -0.2) is 30.3 Å². The predicted octanol–water partition coefficient (Wildman–Crippen LogP) is 1.59. The van der Waals surface area contributed by atoms with Gasteiger partial charge in [0.2, 0.25) is 0 Å². The van der Waals surface area contributed by atoms with Crippen molar-refractivity contribution in [3.63, 3.8) is 0 Å². The van der Waals surface area contributed by atoms with E-state index in [0.29, 0.717) is 5.56 Å². The number of nitrogens with zero attached hydrogens (tertiary/aromatic N) is 1. The standard InChI is InChI=1S/C12H15NO4/c1-8-3-9(2)5-10(4-8)12(15)17-7-11(14)6-13-16/h3-5,11,14H,6-7H2,1-2H3. The van der Waals surface area contributed by atoms with Crippen molar-refractivity contribution in [3.05, 3.63) is 39.8 Å². The average molecular weight is 237 g/mol. The highest BCUT2D eigenvalue weighted by Crippen LogP contribution is 2.10. The van der Waals surface area contributed by atoms with Crippen LogP contribution in [-0.2, 0) is 4.74 Å². The maximum Gasteiger partial charge on any atom is 0.338 e. The van der Waals surface area contributed by atoms with Crippen molar-refractivity contribution >= 4 is 5.97 Å². The van der Waals surface area contributed by atoms with Gasteiger partial charge in [-0.25, -0.2) is 4.79 Å². The zero-order valence-electron chi connectivity index (χ0n) is 9.84. The Kier molecular flexibility index (Phi) is 4.78. The largest absolute Gasteiger partial charge is 0.459 e. The van der Waals surface area contributed by atoms with Crippen molar-refractivity contribution in [3.8, 4) is 0 Å². The van der Waals surface area contributed by atoms with Crippen LogP contribution in [0.4, 0.5) is 0 Å². The van der Waals surface area contributed by atoms with Crippen LogP contribution in [0, 0.1) is 18.8 Å². The number of carbonyl (C=O) groups is 1. The number of aliphatic hydroxyl groups is 1. The Bertz CT molecular complexity index is 397. The van der Waals surface area contributed by atoms with Gasteiger partial charge >= 0.3 is 5.97 Å². The van der Waals surface area contributed by atoms with Crippen molar-refractivity contribution in [1.82, 2.24) is 0 Å². The van der Waals surface area contributed by atoms with E-state index in [0.717, 1.165) is 11.1 Å². The van der Waals surface area contributed by atoms with E-state index in [-0.39, 0.29) is 13.2 Å². The number of hydrogen-bond donors (Lipinski definition) is 1. The fourth-order valence-corrected chi connectivity index (χ4v) is 1.49. The molecule has 0 fully saturated rings. The summed E-state index contributed by atoms with van der Waals surface area (Å²) in [6, 6.07) is 5.36. The van der Waals surface area contributed by atoms with Gasteiger partial charge in [0.25, 0.3) is 0 Å². The van der Waals surface area contributed by atoms with Gasteiger partial charge in [0.05, 0.1) is 5.56 Å². The maximum absolute atomic E-state index is 11.6. The highest BCUT2D eigenvalue weighted by atomic mass is 16.5. The SMILES string of the molecule is Cc1cc(C)cc(C(=O)OCC(O)CN=O)c1. The summed E-state index contributed by atoms with van der Waals surface area (Å²) in [7, 11) is 0. The minimum absolute atomic E-state index is 0.225. The maximum atomic E-state index is 11.6. The summed E-state index contributed by atoms with van der Waals surface area (Å²) in [4.78, 5) is 21.5. The van der Waals surface area contributed by atoms with Crippen LogP contribution in [0.1, 0.15) is 21.5 Å². The van der Waals surface area contributed by atoms with Gasteiger partial charge in [-0.15, -0.1) is 0 Å². The number of ether oxygens (including phenoxy) is 1. The Hall–Kier alpha value is -1.75. The summed E-state index contributed by atoms with van der Waals surface area (Å²) < 4.78 is 4.86. The molecule has 17 heavy (non-hydrogen) atoms. The molecule has 0 amide bonds. The van der Waals surface area contributed by atoms with Gasteiger partial charge in [0.1, 0.15) is 19.3 Å². The number of aryl methyl sites for hydroxylation is 2. The van der Waals surface area contributed by atoms with Gasteiger partial charge < -0.3 is 9.84 Å². The van der Waals surface area contributed by atoms with Gasteiger partial charge in [-0.05, 0) is 26.0 Å². The molecule has 92 valence electrons. The van der Waals surface area contributed by atoms with Crippen LogP contribution >= 0.6 is 0 Å². The molecule has 5 heteroatoms. The molecule has 0 aliphatic carbocycles. The molecule has 1 aromatic rings. The van der Waals surface area contributed by atoms with E-state index in [9.17, 15) is 14.8 Å². The van der Waals surface area contributed by atoms with E-state index in [4.69, 9.17) is 4.74 Å². The quantitative estimate of drug-likeness (QED) is 0.623. The molecular weight excluding hydrogens is 222 g/mol. The Balaban J connectivity index is 2.60. The molecule has 0 aromatic heterocycles. The number of nitroso groups, excluding NO2 is 1. The molecule has 0 bridgehead atoms. The van der Waals surface area contributed by atoms with Gasteiger partial charge in [0, 0.05) is 0 Å². The van der Waals surface area contributed by atoms with Crippen LogP contribution < -0.4 is 0 Å². The number of carbonyl (C=O) groups excluding carboxylic acids is 1. The number of aliphatic hydroxyl groups excluding tert-OH is 1. The molecule has 1 aromatic carbocycles. The minimum atomic E-state index is -1.04. The third-order valence-electron chi connectivity index (χ3n) is 2.15. The third-order valence-corrected chi connectivity index (χ3v) is 2.15. The number of esters is 1. The monoisotopic (exact) mass is 237 g/mol. The fourth-order valence-electron chi connectivity index (χ4n) is 1.49. The van der Waals surface area contributed by atoms with Gasteiger partial charge in [-0.3, -0.25) is 0 Å². The van der Waals surface area contributed by atoms with Crippen molar-refractivity contribution in [1.29, 1.82) is 0 Å². The smallest absolute Gasteiger partial charge is 0.338 e. The summed E-state index contributed by atoms with van der Waals surface area (Å²) in [6.45, 7) is 3.27. The molecule has 0 aliphatic rings. The second kappa shape index (κ2) is 6.10.